The molecule has 2 aliphatic heterocycles. The summed E-state index contributed by atoms with van der Waals surface area (Å²) in [7, 11) is 3.62. The maximum Gasteiger partial charge on any atom is 0.187 e. The van der Waals surface area contributed by atoms with Crippen molar-refractivity contribution >= 4 is 0 Å². The smallest absolute Gasteiger partial charge is 0.187 e. The quantitative estimate of drug-likeness (QED) is 0.805. The average Bonchev–Trinajstić information content (AvgIpc) is 2.37. The van der Waals surface area contributed by atoms with Crippen LogP contribution in [-0.4, -0.2) is 54.1 Å². The van der Waals surface area contributed by atoms with E-state index in [1.807, 2.05) is 0 Å². The highest BCUT2D eigenvalue weighted by Crippen LogP contribution is 2.33. The van der Waals surface area contributed by atoms with E-state index >= 15 is 0 Å². The molecular formula is C13H18FN3O. The first kappa shape index (κ1) is 11.9. The molecule has 18 heavy (non-hydrogen) atoms. The standard InChI is InChI=1S/C13H18FN3O/c1-16-6-9-5-10(7-16)17(9)8-11-13(14)12(18-2)3-4-15-11/h3-4,9-10H,5-8H2,1-2H3. The second-order valence-electron chi connectivity index (χ2n) is 5.21. The Bertz CT molecular complexity index is 442. The Labute approximate surface area is 106 Å². The Hall–Kier alpha value is -1.20. The topological polar surface area (TPSA) is 28.6 Å². The van der Waals surface area contributed by atoms with Crippen LogP contribution >= 0.6 is 0 Å². The zero-order chi connectivity index (χ0) is 12.7. The lowest BCUT2D eigenvalue weighted by Gasteiger charge is -2.55. The van der Waals surface area contributed by atoms with Crippen molar-refractivity contribution in [3.63, 3.8) is 0 Å². The van der Waals surface area contributed by atoms with Crippen LogP contribution in [0, 0.1) is 5.82 Å². The fourth-order valence-corrected chi connectivity index (χ4v) is 3.06. The highest BCUT2D eigenvalue weighted by Gasteiger charge is 2.43. The van der Waals surface area contributed by atoms with Gasteiger partial charge in [0.1, 0.15) is 0 Å². The number of methoxy groups -OCH3 is 1. The van der Waals surface area contributed by atoms with Gasteiger partial charge in [-0.3, -0.25) is 9.88 Å². The predicted molar refractivity (Wildman–Crippen MR) is 66.0 cm³/mol. The number of piperazine rings is 1. The van der Waals surface area contributed by atoms with E-state index < -0.39 is 0 Å². The van der Waals surface area contributed by atoms with Gasteiger partial charge in [0.25, 0.3) is 0 Å². The van der Waals surface area contributed by atoms with Crippen molar-refractivity contribution in [1.82, 2.24) is 14.8 Å². The minimum Gasteiger partial charge on any atom is -0.494 e. The summed E-state index contributed by atoms with van der Waals surface area (Å²) in [5.41, 5.74) is 0.494. The molecule has 3 rings (SSSR count). The molecule has 4 nitrogen and oxygen atoms in total. The van der Waals surface area contributed by atoms with Crippen LogP contribution in [0.15, 0.2) is 12.3 Å². The molecule has 3 heterocycles. The number of likely N-dealkylation sites (N-methyl/N-ethyl adjacent to an activating group) is 1. The first-order valence-corrected chi connectivity index (χ1v) is 6.30. The Kier molecular flexibility index (Phi) is 2.95. The number of rotatable bonds is 3. The minimum atomic E-state index is -0.321. The summed E-state index contributed by atoms with van der Waals surface area (Å²) in [6.45, 7) is 2.73. The summed E-state index contributed by atoms with van der Waals surface area (Å²) in [6, 6.07) is 2.67. The summed E-state index contributed by atoms with van der Waals surface area (Å²) in [5, 5.41) is 0. The molecule has 0 N–H and O–H groups in total. The van der Waals surface area contributed by atoms with Crippen molar-refractivity contribution in [2.45, 2.75) is 25.0 Å². The Balaban J connectivity index is 1.74. The van der Waals surface area contributed by atoms with Gasteiger partial charge in [0.15, 0.2) is 11.6 Å². The molecule has 1 aromatic rings. The van der Waals surface area contributed by atoms with Gasteiger partial charge in [-0.1, -0.05) is 0 Å². The maximum absolute atomic E-state index is 14.0. The van der Waals surface area contributed by atoms with Crippen LogP contribution in [0.25, 0.3) is 0 Å². The predicted octanol–water partition coefficient (Wildman–Crippen LogP) is 1.12. The van der Waals surface area contributed by atoms with Gasteiger partial charge in [0, 0.05) is 44.0 Å². The average molecular weight is 251 g/mol. The molecule has 5 heteroatoms. The van der Waals surface area contributed by atoms with Crippen molar-refractivity contribution in [2.24, 2.45) is 0 Å². The van der Waals surface area contributed by atoms with Gasteiger partial charge in [-0.25, -0.2) is 4.39 Å². The third-order valence-corrected chi connectivity index (χ3v) is 4.01. The monoisotopic (exact) mass is 251 g/mol. The maximum atomic E-state index is 14.0. The van der Waals surface area contributed by atoms with Crippen LogP contribution in [0.4, 0.5) is 4.39 Å². The SMILES string of the molecule is COc1ccnc(CN2C3CC2CN(C)C3)c1F. The minimum absolute atomic E-state index is 0.280. The van der Waals surface area contributed by atoms with E-state index in [0.29, 0.717) is 24.3 Å². The number of aromatic nitrogens is 1. The second-order valence-corrected chi connectivity index (χ2v) is 5.21. The summed E-state index contributed by atoms with van der Waals surface area (Å²) in [5.74, 6) is -0.0406. The van der Waals surface area contributed by atoms with Gasteiger partial charge >= 0.3 is 0 Å². The lowest BCUT2D eigenvalue weighted by molar-refractivity contribution is -0.0681. The fourth-order valence-electron chi connectivity index (χ4n) is 3.06. The third-order valence-electron chi connectivity index (χ3n) is 4.01. The van der Waals surface area contributed by atoms with E-state index in [1.54, 1.807) is 12.3 Å². The Morgan fingerprint density at radius 2 is 2.17 bits per heavy atom. The number of nitrogens with zero attached hydrogens (tertiary/aromatic N) is 3. The van der Waals surface area contributed by atoms with Gasteiger partial charge in [-0.2, -0.15) is 0 Å². The van der Waals surface area contributed by atoms with Gasteiger partial charge in [0.05, 0.1) is 12.8 Å². The molecule has 0 aromatic carbocycles. The van der Waals surface area contributed by atoms with Crippen molar-refractivity contribution in [2.75, 3.05) is 27.2 Å². The van der Waals surface area contributed by atoms with Crippen molar-refractivity contribution in [3.05, 3.63) is 23.8 Å². The van der Waals surface area contributed by atoms with Gasteiger partial charge < -0.3 is 9.64 Å². The number of fused-ring (bicyclic) bond motifs is 2. The van der Waals surface area contributed by atoms with Gasteiger partial charge in [-0.15, -0.1) is 0 Å². The summed E-state index contributed by atoms with van der Waals surface area (Å²) < 4.78 is 19.0. The zero-order valence-electron chi connectivity index (χ0n) is 10.8. The second kappa shape index (κ2) is 4.48. The van der Waals surface area contributed by atoms with E-state index in [-0.39, 0.29) is 11.6 Å². The molecule has 0 spiro atoms. The molecule has 2 fully saturated rings. The molecule has 2 bridgehead atoms. The van der Waals surface area contributed by atoms with Crippen molar-refractivity contribution < 1.29 is 9.13 Å². The van der Waals surface area contributed by atoms with Crippen LogP contribution in [0.5, 0.6) is 5.75 Å². The van der Waals surface area contributed by atoms with Crippen LogP contribution in [0.3, 0.4) is 0 Å². The lowest BCUT2D eigenvalue weighted by atomic mass is 9.87. The number of pyridine rings is 1. The number of likely N-dealkylation sites (tertiary alicyclic amines) is 2. The molecule has 2 atom stereocenters. The molecule has 1 aromatic heterocycles. The summed E-state index contributed by atoms with van der Waals surface area (Å²) in [4.78, 5) is 8.83. The number of piperidine rings is 1. The molecule has 0 saturated carbocycles. The Morgan fingerprint density at radius 3 is 2.83 bits per heavy atom. The summed E-state index contributed by atoms with van der Waals surface area (Å²) in [6.07, 6.45) is 2.84. The van der Waals surface area contributed by atoms with E-state index in [2.05, 4.69) is 21.8 Å². The number of halogens is 1. The Morgan fingerprint density at radius 1 is 1.44 bits per heavy atom. The number of hydrogen-bond donors (Lipinski definition) is 0. The van der Waals surface area contributed by atoms with Gasteiger partial charge in [0.2, 0.25) is 0 Å². The highest BCUT2D eigenvalue weighted by molar-refractivity contribution is 5.25. The number of hydrogen-bond acceptors (Lipinski definition) is 4. The van der Waals surface area contributed by atoms with Crippen LogP contribution in [-0.2, 0) is 6.54 Å². The van der Waals surface area contributed by atoms with Gasteiger partial charge in [-0.05, 0) is 13.5 Å². The fraction of sp³-hybridized carbons (Fsp3) is 0.615. The lowest BCUT2D eigenvalue weighted by Crippen LogP contribution is -2.67. The molecule has 2 unspecified atom stereocenters. The normalized spacial score (nSPS) is 27.9. The highest BCUT2D eigenvalue weighted by atomic mass is 19.1. The number of ether oxygens (including phenoxy) is 1. The first-order chi connectivity index (χ1) is 8.69. The molecule has 0 radical (unpaired) electrons. The van der Waals surface area contributed by atoms with E-state index in [4.69, 9.17) is 4.74 Å². The first-order valence-electron chi connectivity index (χ1n) is 6.30. The van der Waals surface area contributed by atoms with Crippen molar-refractivity contribution in [1.29, 1.82) is 0 Å². The summed E-state index contributed by atoms with van der Waals surface area (Å²) >= 11 is 0. The van der Waals surface area contributed by atoms with Crippen LogP contribution in [0.2, 0.25) is 0 Å². The molecular weight excluding hydrogens is 233 g/mol. The molecule has 2 saturated heterocycles. The van der Waals surface area contributed by atoms with E-state index in [0.717, 1.165) is 13.1 Å². The molecule has 0 aliphatic carbocycles. The third kappa shape index (κ3) is 1.87. The van der Waals surface area contributed by atoms with Crippen LogP contribution in [0.1, 0.15) is 12.1 Å². The molecule has 0 amide bonds. The molecule has 2 aliphatic rings. The largest absolute Gasteiger partial charge is 0.494 e. The van der Waals surface area contributed by atoms with E-state index in [1.165, 1.54) is 13.5 Å². The van der Waals surface area contributed by atoms with Crippen LogP contribution < -0.4 is 4.74 Å². The van der Waals surface area contributed by atoms with E-state index in [9.17, 15) is 4.39 Å². The van der Waals surface area contributed by atoms with Crippen molar-refractivity contribution in [3.8, 4) is 5.75 Å². The zero-order valence-corrected chi connectivity index (χ0v) is 10.8. The molecule has 98 valence electrons.